The van der Waals surface area contributed by atoms with Gasteiger partial charge in [-0.15, -0.1) is 5.10 Å². The average molecular weight is 319 g/mol. The van der Waals surface area contributed by atoms with Gasteiger partial charge in [0.2, 0.25) is 0 Å². The van der Waals surface area contributed by atoms with E-state index in [1.54, 1.807) is 18.2 Å². The van der Waals surface area contributed by atoms with Crippen LogP contribution in [0.5, 0.6) is 0 Å². The molecule has 0 aliphatic rings. The van der Waals surface area contributed by atoms with Gasteiger partial charge in [0.15, 0.2) is 0 Å². The SMILES string of the molecule is O=C(NCc1nc2ccccc2[nH]1)c1ccccc1-n1cnnn1. The summed E-state index contributed by atoms with van der Waals surface area (Å²) in [5.41, 5.74) is 2.91. The summed E-state index contributed by atoms with van der Waals surface area (Å²) in [7, 11) is 0. The van der Waals surface area contributed by atoms with Crippen molar-refractivity contribution in [1.82, 2.24) is 35.5 Å². The van der Waals surface area contributed by atoms with E-state index in [0.29, 0.717) is 23.6 Å². The second-order valence-corrected chi connectivity index (χ2v) is 5.15. The number of para-hydroxylation sites is 3. The average Bonchev–Trinajstić information content (AvgIpc) is 3.28. The number of hydrogen-bond acceptors (Lipinski definition) is 5. The molecule has 24 heavy (non-hydrogen) atoms. The lowest BCUT2D eigenvalue weighted by atomic mass is 10.1. The molecule has 0 atom stereocenters. The Bertz CT molecular complexity index is 958. The first-order valence-electron chi connectivity index (χ1n) is 7.35. The molecule has 0 fully saturated rings. The highest BCUT2D eigenvalue weighted by molar-refractivity contribution is 5.97. The third kappa shape index (κ3) is 2.60. The number of H-pyrrole nitrogens is 1. The molecule has 0 spiro atoms. The third-order valence-corrected chi connectivity index (χ3v) is 3.60. The van der Waals surface area contributed by atoms with Crippen molar-refractivity contribution in [3.8, 4) is 5.69 Å². The number of imidazole rings is 1. The van der Waals surface area contributed by atoms with Gasteiger partial charge in [0.25, 0.3) is 5.91 Å². The number of amides is 1. The van der Waals surface area contributed by atoms with E-state index in [2.05, 4.69) is 30.8 Å². The highest BCUT2D eigenvalue weighted by Gasteiger charge is 2.13. The Kier molecular flexibility index (Phi) is 3.47. The number of carbonyl (C=O) groups is 1. The summed E-state index contributed by atoms with van der Waals surface area (Å²) in [6.45, 7) is 0.303. The van der Waals surface area contributed by atoms with Crippen molar-refractivity contribution >= 4 is 16.9 Å². The Labute approximate surface area is 136 Å². The molecule has 118 valence electrons. The monoisotopic (exact) mass is 319 g/mol. The van der Waals surface area contributed by atoms with Gasteiger partial charge >= 0.3 is 0 Å². The number of rotatable bonds is 4. The van der Waals surface area contributed by atoms with Crippen molar-refractivity contribution in [3.63, 3.8) is 0 Å². The molecule has 2 aromatic carbocycles. The van der Waals surface area contributed by atoms with Crippen LogP contribution < -0.4 is 5.32 Å². The Balaban J connectivity index is 1.54. The summed E-state index contributed by atoms with van der Waals surface area (Å²) < 4.78 is 1.45. The molecule has 2 aromatic heterocycles. The normalized spacial score (nSPS) is 10.8. The zero-order valence-corrected chi connectivity index (χ0v) is 12.5. The zero-order chi connectivity index (χ0) is 16.4. The zero-order valence-electron chi connectivity index (χ0n) is 12.5. The van der Waals surface area contributed by atoms with Gasteiger partial charge in [-0.25, -0.2) is 4.98 Å². The van der Waals surface area contributed by atoms with Crippen LogP contribution in [0.25, 0.3) is 16.7 Å². The van der Waals surface area contributed by atoms with Crippen LogP contribution in [0, 0.1) is 0 Å². The molecule has 0 unspecified atom stereocenters. The van der Waals surface area contributed by atoms with Gasteiger partial charge in [-0.05, 0) is 34.7 Å². The van der Waals surface area contributed by atoms with Crippen molar-refractivity contribution in [3.05, 3.63) is 66.2 Å². The van der Waals surface area contributed by atoms with Gasteiger partial charge in [-0.2, -0.15) is 4.68 Å². The molecule has 0 bridgehead atoms. The lowest BCUT2D eigenvalue weighted by molar-refractivity contribution is 0.0950. The predicted molar refractivity (Wildman–Crippen MR) is 86.4 cm³/mol. The maximum atomic E-state index is 12.5. The summed E-state index contributed by atoms with van der Waals surface area (Å²) in [5.74, 6) is 0.478. The number of carbonyl (C=O) groups excluding carboxylic acids is 1. The molecule has 0 aliphatic heterocycles. The lowest BCUT2D eigenvalue weighted by Gasteiger charge is -2.08. The Morgan fingerprint density at radius 2 is 1.96 bits per heavy atom. The lowest BCUT2D eigenvalue weighted by Crippen LogP contribution is -2.24. The largest absolute Gasteiger partial charge is 0.345 e. The number of aromatic nitrogens is 6. The van der Waals surface area contributed by atoms with Crippen LogP contribution >= 0.6 is 0 Å². The summed E-state index contributed by atoms with van der Waals surface area (Å²) in [4.78, 5) is 20.1. The Hall–Kier alpha value is -3.55. The number of nitrogens with one attached hydrogen (secondary N) is 2. The van der Waals surface area contributed by atoms with Crippen molar-refractivity contribution in [2.75, 3.05) is 0 Å². The first-order valence-corrected chi connectivity index (χ1v) is 7.35. The van der Waals surface area contributed by atoms with Gasteiger partial charge < -0.3 is 10.3 Å². The van der Waals surface area contributed by atoms with Gasteiger partial charge in [0.05, 0.1) is 28.8 Å². The molecule has 4 aromatic rings. The molecule has 8 nitrogen and oxygen atoms in total. The molecule has 1 amide bonds. The molecule has 0 saturated carbocycles. The first kappa shape index (κ1) is 14.1. The standard InChI is InChI=1S/C16H13N7O/c24-16(11-5-1-4-8-14(11)23-10-18-21-22-23)17-9-15-19-12-6-2-3-7-13(12)20-15/h1-8,10H,9H2,(H,17,24)(H,19,20). The van der Waals surface area contributed by atoms with Crippen LogP contribution in [-0.2, 0) is 6.54 Å². The highest BCUT2D eigenvalue weighted by Crippen LogP contribution is 2.13. The predicted octanol–water partition coefficient (Wildman–Crippen LogP) is 1.47. The summed E-state index contributed by atoms with van der Waals surface area (Å²) in [6, 6.07) is 14.9. The minimum absolute atomic E-state index is 0.221. The summed E-state index contributed by atoms with van der Waals surface area (Å²) in [5, 5.41) is 13.9. The van der Waals surface area contributed by atoms with E-state index in [9.17, 15) is 4.79 Å². The minimum Gasteiger partial charge on any atom is -0.345 e. The van der Waals surface area contributed by atoms with Gasteiger partial charge in [-0.3, -0.25) is 4.79 Å². The molecule has 2 heterocycles. The number of nitrogens with zero attached hydrogens (tertiary/aromatic N) is 5. The van der Waals surface area contributed by atoms with Crippen LogP contribution in [0.15, 0.2) is 54.9 Å². The number of tetrazole rings is 1. The first-order chi connectivity index (χ1) is 11.8. The number of hydrogen-bond donors (Lipinski definition) is 2. The number of aromatic amines is 1. The molecule has 0 radical (unpaired) electrons. The van der Waals surface area contributed by atoms with Crippen molar-refractivity contribution in [2.24, 2.45) is 0 Å². The van der Waals surface area contributed by atoms with Crippen LogP contribution in [0.4, 0.5) is 0 Å². The van der Waals surface area contributed by atoms with Crippen LogP contribution in [0.1, 0.15) is 16.2 Å². The quantitative estimate of drug-likeness (QED) is 0.593. The van der Waals surface area contributed by atoms with Crippen molar-refractivity contribution < 1.29 is 4.79 Å². The van der Waals surface area contributed by atoms with Crippen LogP contribution in [-0.4, -0.2) is 36.1 Å². The molecule has 0 saturated heterocycles. The van der Waals surface area contributed by atoms with E-state index in [-0.39, 0.29) is 5.91 Å². The highest BCUT2D eigenvalue weighted by atomic mass is 16.1. The molecular weight excluding hydrogens is 306 g/mol. The summed E-state index contributed by atoms with van der Waals surface area (Å²) in [6.07, 6.45) is 1.45. The second kappa shape index (κ2) is 5.92. The molecular formula is C16H13N7O. The smallest absolute Gasteiger partial charge is 0.253 e. The van der Waals surface area contributed by atoms with Crippen molar-refractivity contribution in [1.29, 1.82) is 0 Å². The molecule has 0 aliphatic carbocycles. The Morgan fingerprint density at radius 3 is 2.79 bits per heavy atom. The third-order valence-electron chi connectivity index (χ3n) is 3.60. The molecule has 2 N–H and O–H groups in total. The van der Waals surface area contributed by atoms with E-state index in [0.717, 1.165) is 11.0 Å². The minimum atomic E-state index is -0.221. The van der Waals surface area contributed by atoms with E-state index in [1.807, 2.05) is 30.3 Å². The van der Waals surface area contributed by atoms with E-state index < -0.39 is 0 Å². The van der Waals surface area contributed by atoms with E-state index in [4.69, 9.17) is 0 Å². The number of benzene rings is 2. The Morgan fingerprint density at radius 1 is 1.12 bits per heavy atom. The van der Waals surface area contributed by atoms with Gasteiger partial charge in [-0.1, -0.05) is 24.3 Å². The fourth-order valence-corrected chi connectivity index (χ4v) is 2.49. The second-order valence-electron chi connectivity index (χ2n) is 5.15. The number of fused-ring (bicyclic) bond motifs is 1. The maximum absolute atomic E-state index is 12.5. The fraction of sp³-hybridized carbons (Fsp3) is 0.0625. The molecule has 4 rings (SSSR count). The van der Waals surface area contributed by atoms with Crippen molar-refractivity contribution in [2.45, 2.75) is 6.54 Å². The van der Waals surface area contributed by atoms with Crippen LogP contribution in [0.3, 0.4) is 0 Å². The van der Waals surface area contributed by atoms with Gasteiger partial charge in [0, 0.05) is 0 Å². The summed E-state index contributed by atoms with van der Waals surface area (Å²) >= 11 is 0. The van der Waals surface area contributed by atoms with E-state index in [1.165, 1.54) is 11.0 Å². The van der Waals surface area contributed by atoms with Crippen LogP contribution in [0.2, 0.25) is 0 Å². The fourth-order valence-electron chi connectivity index (χ4n) is 2.49. The van der Waals surface area contributed by atoms with E-state index >= 15 is 0 Å². The molecule has 8 heteroatoms. The maximum Gasteiger partial charge on any atom is 0.253 e. The van der Waals surface area contributed by atoms with Gasteiger partial charge in [0.1, 0.15) is 12.2 Å². The topological polar surface area (TPSA) is 101 Å².